The number of oxime groups is 1. The van der Waals surface area contributed by atoms with Crippen LogP contribution in [0.25, 0.3) is 27.7 Å². The average molecular weight is 450 g/mol. The number of hydrogen-bond acceptors (Lipinski definition) is 6. The third-order valence-corrected chi connectivity index (χ3v) is 5.90. The second-order valence-corrected chi connectivity index (χ2v) is 8.10. The van der Waals surface area contributed by atoms with E-state index in [-0.39, 0.29) is 5.82 Å². The summed E-state index contributed by atoms with van der Waals surface area (Å²) in [7, 11) is 0. The summed E-state index contributed by atoms with van der Waals surface area (Å²) in [6.07, 6.45) is 6.87. The quantitative estimate of drug-likeness (QED) is 0.266. The molecule has 33 heavy (non-hydrogen) atoms. The summed E-state index contributed by atoms with van der Waals surface area (Å²) >= 11 is 0. The van der Waals surface area contributed by atoms with Crippen molar-refractivity contribution in [3.05, 3.63) is 54.2 Å². The maximum Gasteiger partial charge on any atom is 0.260 e. The molecule has 2 N–H and O–H groups in total. The fourth-order valence-corrected chi connectivity index (χ4v) is 3.97. The van der Waals surface area contributed by atoms with Crippen LogP contribution in [0.3, 0.4) is 0 Å². The molecular formula is C23H20F2N6O2. The molecule has 4 aromatic heterocycles. The minimum Gasteiger partial charge on any atom is -0.411 e. The number of carbonyl (C=O) groups is 1. The van der Waals surface area contributed by atoms with Gasteiger partial charge in [0.2, 0.25) is 5.91 Å². The molecule has 0 aromatic carbocycles. The van der Waals surface area contributed by atoms with Gasteiger partial charge in [0.1, 0.15) is 23.1 Å². The molecule has 1 atom stereocenters. The summed E-state index contributed by atoms with van der Waals surface area (Å²) in [5.74, 6) is -4.76. The van der Waals surface area contributed by atoms with E-state index < -0.39 is 24.2 Å². The van der Waals surface area contributed by atoms with E-state index >= 15 is 0 Å². The lowest BCUT2D eigenvalue weighted by Gasteiger charge is -2.13. The van der Waals surface area contributed by atoms with E-state index in [1.54, 1.807) is 30.9 Å². The Balaban J connectivity index is 1.56. The molecule has 1 saturated carbocycles. The number of alkyl halides is 2. The molecule has 0 saturated heterocycles. The summed E-state index contributed by atoms with van der Waals surface area (Å²) in [5, 5.41) is 15.8. The zero-order valence-electron chi connectivity index (χ0n) is 17.9. The molecule has 0 bridgehead atoms. The fourth-order valence-electron chi connectivity index (χ4n) is 3.97. The van der Waals surface area contributed by atoms with Crippen LogP contribution in [0.4, 0.5) is 14.6 Å². The normalized spacial score (nSPS) is 17.5. The predicted octanol–water partition coefficient (Wildman–Crippen LogP) is 4.43. The van der Waals surface area contributed by atoms with Gasteiger partial charge in [-0.25, -0.2) is 18.7 Å². The number of anilines is 1. The number of fused-ring (bicyclic) bond motifs is 3. The minimum absolute atomic E-state index is 0.204. The van der Waals surface area contributed by atoms with Gasteiger partial charge in [-0.2, -0.15) is 0 Å². The number of carbonyl (C=O) groups excluding carboxylic acids is 1. The summed E-state index contributed by atoms with van der Waals surface area (Å²) in [5.41, 5.74) is 5.12. The van der Waals surface area contributed by atoms with Gasteiger partial charge in [-0.05, 0) is 31.0 Å². The molecule has 8 nitrogen and oxygen atoms in total. The molecule has 4 heterocycles. The standard InChI is InChI=1S/C23H20F2N6O2/c1-3-17(30-33)18-6-12(2)15(11-27-18)14-7-13-10-28-20(29-22(32)16-9-23(16,24)25)8-19(13)31-5-4-26-21(14)31/h4-8,10-11,16,33H,3,9H2,1-2H3,(H,28,29,32). The van der Waals surface area contributed by atoms with Gasteiger partial charge in [0.15, 0.2) is 0 Å². The maximum absolute atomic E-state index is 13.2. The molecule has 1 unspecified atom stereocenters. The van der Waals surface area contributed by atoms with Crippen LogP contribution in [0.15, 0.2) is 48.1 Å². The zero-order chi connectivity index (χ0) is 23.3. The van der Waals surface area contributed by atoms with Gasteiger partial charge in [-0.15, -0.1) is 0 Å². The minimum atomic E-state index is -2.93. The van der Waals surface area contributed by atoms with Crippen LogP contribution in [0.5, 0.6) is 0 Å². The Kier molecular flexibility index (Phi) is 4.80. The SMILES string of the molecule is CCC(=NO)c1cc(C)c(-c2cc3cnc(NC(=O)C4CC4(F)F)cc3n3ccnc23)cn1. The number of nitrogens with one attached hydrogen (secondary N) is 1. The molecule has 0 radical (unpaired) electrons. The second-order valence-electron chi connectivity index (χ2n) is 8.10. The van der Waals surface area contributed by atoms with Crippen molar-refractivity contribution in [1.29, 1.82) is 0 Å². The maximum atomic E-state index is 13.2. The van der Waals surface area contributed by atoms with Gasteiger partial charge in [0, 0.05) is 53.8 Å². The Bertz CT molecular complexity index is 1450. The van der Waals surface area contributed by atoms with Gasteiger partial charge in [0.05, 0.1) is 11.2 Å². The Morgan fingerprint density at radius 1 is 1.24 bits per heavy atom. The molecule has 1 fully saturated rings. The first-order valence-corrected chi connectivity index (χ1v) is 10.4. The smallest absolute Gasteiger partial charge is 0.260 e. The molecular weight excluding hydrogens is 430 g/mol. The Morgan fingerprint density at radius 3 is 2.70 bits per heavy atom. The molecule has 0 aliphatic heterocycles. The summed E-state index contributed by atoms with van der Waals surface area (Å²) in [4.78, 5) is 25.2. The van der Waals surface area contributed by atoms with E-state index in [1.165, 1.54) is 0 Å². The van der Waals surface area contributed by atoms with Gasteiger partial charge in [-0.1, -0.05) is 12.1 Å². The largest absolute Gasteiger partial charge is 0.411 e. The Labute approximate surface area is 187 Å². The van der Waals surface area contributed by atoms with Gasteiger partial charge in [0.25, 0.3) is 5.92 Å². The summed E-state index contributed by atoms with van der Waals surface area (Å²) in [6, 6.07) is 5.43. The van der Waals surface area contributed by atoms with Crippen molar-refractivity contribution in [1.82, 2.24) is 19.4 Å². The highest BCUT2D eigenvalue weighted by Gasteiger charge is 2.61. The van der Waals surface area contributed by atoms with Crippen LogP contribution in [0.1, 0.15) is 31.0 Å². The lowest BCUT2D eigenvalue weighted by Crippen LogP contribution is -2.18. The van der Waals surface area contributed by atoms with Gasteiger partial charge < -0.3 is 10.5 Å². The number of halogens is 2. The molecule has 1 amide bonds. The first kappa shape index (κ1) is 20.9. The molecule has 1 aliphatic rings. The number of rotatable bonds is 5. The van der Waals surface area contributed by atoms with Crippen molar-refractivity contribution in [2.45, 2.75) is 32.6 Å². The zero-order valence-corrected chi connectivity index (χ0v) is 17.9. The second kappa shape index (κ2) is 7.58. The van der Waals surface area contributed by atoms with Crippen molar-refractivity contribution >= 4 is 34.0 Å². The Morgan fingerprint density at radius 2 is 2.03 bits per heavy atom. The van der Waals surface area contributed by atoms with E-state index in [4.69, 9.17) is 0 Å². The van der Waals surface area contributed by atoms with Crippen LogP contribution in [0.2, 0.25) is 0 Å². The van der Waals surface area contributed by atoms with E-state index in [1.807, 2.05) is 30.4 Å². The topological polar surface area (TPSA) is 105 Å². The summed E-state index contributed by atoms with van der Waals surface area (Å²) in [6.45, 7) is 3.83. The van der Waals surface area contributed by atoms with Crippen LogP contribution < -0.4 is 5.32 Å². The molecule has 10 heteroatoms. The van der Waals surface area contributed by atoms with Crippen LogP contribution in [-0.4, -0.2) is 42.1 Å². The van der Waals surface area contributed by atoms with Gasteiger partial charge in [-0.3, -0.25) is 14.2 Å². The molecule has 0 spiro atoms. The van der Waals surface area contributed by atoms with E-state index in [9.17, 15) is 18.8 Å². The van der Waals surface area contributed by atoms with E-state index in [0.717, 1.165) is 27.6 Å². The molecule has 4 aromatic rings. The molecule has 5 rings (SSSR count). The van der Waals surface area contributed by atoms with E-state index in [0.29, 0.717) is 23.5 Å². The number of nitrogens with zero attached hydrogens (tertiary/aromatic N) is 5. The van der Waals surface area contributed by atoms with Crippen molar-refractivity contribution in [3.63, 3.8) is 0 Å². The van der Waals surface area contributed by atoms with Gasteiger partial charge >= 0.3 is 0 Å². The monoisotopic (exact) mass is 450 g/mol. The lowest BCUT2D eigenvalue weighted by atomic mass is 10.0. The van der Waals surface area contributed by atoms with Crippen molar-refractivity contribution in [2.75, 3.05) is 5.32 Å². The number of pyridine rings is 3. The number of aromatic nitrogens is 4. The van der Waals surface area contributed by atoms with Crippen LogP contribution in [0, 0.1) is 12.8 Å². The van der Waals surface area contributed by atoms with Crippen molar-refractivity contribution in [2.24, 2.45) is 11.1 Å². The number of amides is 1. The third-order valence-electron chi connectivity index (χ3n) is 5.90. The number of imidazole rings is 1. The highest BCUT2D eigenvalue weighted by Crippen LogP contribution is 2.49. The summed E-state index contributed by atoms with van der Waals surface area (Å²) < 4.78 is 28.3. The molecule has 1 aliphatic carbocycles. The molecule has 168 valence electrons. The van der Waals surface area contributed by atoms with Crippen molar-refractivity contribution in [3.8, 4) is 11.1 Å². The first-order valence-electron chi connectivity index (χ1n) is 10.4. The van der Waals surface area contributed by atoms with E-state index in [2.05, 4.69) is 25.4 Å². The highest BCUT2D eigenvalue weighted by atomic mass is 19.3. The first-order chi connectivity index (χ1) is 15.8. The Hall–Kier alpha value is -3.95. The average Bonchev–Trinajstić information content (AvgIpc) is 3.19. The van der Waals surface area contributed by atoms with Crippen LogP contribution >= 0.6 is 0 Å². The van der Waals surface area contributed by atoms with Crippen molar-refractivity contribution < 1.29 is 18.8 Å². The third kappa shape index (κ3) is 3.57. The number of aryl methyl sites for hydroxylation is 1. The number of hydrogen-bond donors (Lipinski definition) is 2. The lowest BCUT2D eigenvalue weighted by molar-refractivity contribution is -0.119. The van der Waals surface area contributed by atoms with Crippen LogP contribution in [-0.2, 0) is 4.79 Å². The fraction of sp³-hybridized carbons (Fsp3) is 0.261. The highest BCUT2D eigenvalue weighted by molar-refractivity contribution is 6.00. The predicted molar refractivity (Wildman–Crippen MR) is 119 cm³/mol.